The van der Waals surface area contributed by atoms with E-state index in [1.807, 2.05) is 30.3 Å². The molecule has 0 aliphatic heterocycles. The lowest BCUT2D eigenvalue weighted by atomic mass is 10.0. The van der Waals surface area contributed by atoms with Crippen molar-refractivity contribution >= 4 is 5.69 Å². The molecule has 2 rings (SSSR count). The number of rotatable bonds is 1. The van der Waals surface area contributed by atoms with Gasteiger partial charge in [-0.25, -0.2) is 0 Å². The molecule has 0 saturated carbocycles. The van der Waals surface area contributed by atoms with Crippen LogP contribution in [0, 0.1) is 0 Å². The van der Waals surface area contributed by atoms with Gasteiger partial charge in [-0.3, -0.25) is 0 Å². The molecule has 0 fully saturated rings. The number of hydrogen-bond donors (Lipinski definition) is 2. The zero-order valence-electron chi connectivity index (χ0n) is 7.64. The van der Waals surface area contributed by atoms with Crippen LogP contribution in [-0.2, 0) is 0 Å². The van der Waals surface area contributed by atoms with Crippen molar-refractivity contribution in [1.29, 1.82) is 0 Å². The van der Waals surface area contributed by atoms with Crippen LogP contribution in [-0.4, -0.2) is 5.11 Å². The largest absolute Gasteiger partial charge is 0.507 e. The normalized spacial score (nSPS) is 9.33. The Morgan fingerprint density at radius 2 is 1.60 bits per heavy atom. The van der Waals surface area contributed by atoms with Gasteiger partial charge in [0, 0.05) is 11.3 Å². The van der Waals surface area contributed by atoms with Crippen LogP contribution in [0.4, 0.5) is 5.69 Å². The van der Waals surface area contributed by atoms with Gasteiger partial charge in [0.1, 0.15) is 5.75 Å². The number of aromatic hydroxyl groups is 1. The second-order valence-corrected chi connectivity index (χ2v) is 3.14. The van der Waals surface area contributed by atoms with Gasteiger partial charge in [0.25, 0.3) is 0 Å². The van der Waals surface area contributed by atoms with E-state index in [0.29, 0.717) is 5.69 Å². The maximum absolute atomic E-state index is 9.63. The first-order valence-electron chi connectivity index (χ1n) is 4.41. The molecule has 0 unspecified atom stereocenters. The second kappa shape index (κ2) is 4.51. The van der Waals surface area contributed by atoms with Crippen molar-refractivity contribution in [3.63, 3.8) is 0 Å². The third-order valence-corrected chi connectivity index (χ3v) is 2.11. The molecule has 0 saturated heterocycles. The number of hydrogen-bond acceptors (Lipinski definition) is 2. The highest BCUT2D eigenvalue weighted by atomic mass is 16.3. The highest BCUT2D eigenvalue weighted by Crippen LogP contribution is 2.30. The van der Waals surface area contributed by atoms with Gasteiger partial charge >= 0.3 is 0 Å². The number of phenolic OH excluding ortho intramolecular Hbond substituents is 1. The van der Waals surface area contributed by atoms with Gasteiger partial charge in [0.2, 0.25) is 0 Å². The van der Waals surface area contributed by atoms with E-state index in [4.69, 9.17) is 5.73 Å². The summed E-state index contributed by atoms with van der Waals surface area (Å²) in [5.74, 6) is 0.255. The van der Waals surface area contributed by atoms with Crippen molar-refractivity contribution in [2.45, 2.75) is 7.43 Å². The summed E-state index contributed by atoms with van der Waals surface area (Å²) in [6.45, 7) is 0. The molecule has 78 valence electrons. The van der Waals surface area contributed by atoms with Gasteiger partial charge in [0.05, 0.1) is 0 Å². The van der Waals surface area contributed by atoms with Crippen molar-refractivity contribution in [3.8, 4) is 16.9 Å². The average molecular weight is 201 g/mol. The van der Waals surface area contributed by atoms with E-state index >= 15 is 0 Å². The van der Waals surface area contributed by atoms with E-state index in [-0.39, 0.29) is 13.2 Å². The van der Waals surface area contributed by atoms with Crippen molar-refractivity contribution in [2.75, 3.05) is 5.73 Å². The Labute approximate surface area is 90.0 Å². The van der Waals surface area contributed by atoms with E-state index < -0.39 is 0 Å². The van der Waals surface area contributed by atoms with Crippen molar-refractivity contribution in [2.24, 2.45) is 0 Å². The van der Waals surface area contributed by atoms with Gasteiger partial charge < -0.3 is 10.8 Å². The van der Waals surface area contributed by atoms with Gasteiger partial charge in [-0.2, -0.15) is 0 Å². The minimum absolute atomic E-state index is 0. The van der Waals surface area contributed by atoms with Crippen LogP contribution >= 0.6 is 0 Å². The molecule has 0 aromatic heterocycles. The van der Waals surface area contributed by atoms with Crippen molar-refractivity contribution in [3.05, 3.63) is 48.5 Å². The third-order valence-electron chi connectivity index (χ3n) is 2.11. The maximum atomic E-state index is 9.63. The monoisotopic (exact) mass is 201 g/mol. The Kier molecular flexibility index (Phi) is 3.34. The van der Waals surface area contributed by atoms with Crippen LogP contribution < -0.4 is 5.73 Å². The predicted molar refractivity (Wildman–Crippen MR) is 64.7 cm³/mol. The summed E-state index contributed by atoms with van der Waals surface area (Å²) in [6.07, 6.45) is 0. The Hall–Kier alpha value is -1.96. The molecule has 2 nitrogen and oxygen atoms in total. The van der Waals surface area contributed by atoms with Crippen LogP contribution in [0.15, 0.2) is 48.5 Å². The van der Waals surface area contributed by atoms with E-state index in [1.165, 1.54) is 0 Å². The van der Waals surface area contributed by atoms with Gasteiger partial charge in [-0.1, -0.05) is 37.8 Å². The number of benzene rings is 2. The Bertz CT molecular complexity index is 438. The third kappa shape index (κ3) is 2.29. The Balaban J connectivity index is 0.00000112. The van der Waals surface area contributed by atoms with Crippen LogP contribution in [0.1, 0.15) is 7.43 Å². The molecule has 15 heavy (non-hydrogen) atoms. The molecule has 2 aromatic carbocycles. The molecule has 0 radical (unpaired) electrons. The molecule has 0 aliphatic carbocycles. The molecule has 0 atom stereocenters. The highest BCUT2D eigenvalue weighted by molar-refractivity contribution is 5.73. The van der Waals surface area contributed by atoms with Crippen LogP contribution in [0.3, 0.4) is 0 Å². The fraction of sp³-hybridized carbons (Fsp3) is 0.0769. The minimum atomic E-state index is 0. The molecule has 0 aliphatic rings. The molecular formula is C13H15NO. The lowest BCUT2D eigenvalue weighted by molar-refractivity contribution is 0.477. The lowest BCUT2D eigenvalue weighted by Crippen LogP contribution is -1.85. The van der Waals surface area contributed by atoms with E-state index in [1.54, 1.807) is 18.2 Å². The average Bonchev–Trinajstić information content (AvgIpc) is 2.23. The van der Waals surface area contributed by atoms with E-state index in [0.717, 1.165) is 11.1 Å². The number of anilines is 1. The molecular weight excluding hydrogens is 186 g/mol. The SMILES string of the molecule is C.Nc1ccc(O)c(-c2ccccc2)c1. The quantitative estimate of drug-likeness (QED) is 0.549. The first kappa shape index (κ1) is 11.1. The molecule has 0 bridgehead atoms. The standard InChI is InChI=1S/C12H11NO.CH4/c13-10-6-7-12(14)11(8-10)9-4-2-1-3-5-9;/h1-8,14H,13H2;1H4. The summed E-state index contributed by atoms with van der Waals surface area (Å²) in [5.41, 5.74) is 8.05. The van der Waals surface area contributed by atoms with Crippen LogP contribution in [0.2, 0.25) is 0 Å². The smallest absolute Gasteiger partial charge is 0.123 e. The van der Waals surface area contributed by atoms with Gasteiger partial charge in [-0.05, 0) is 23.8 Å². The van der Waals surface area contributed by atoms with Crippen molar-refractivity contribution < 1.29 is 5.11 Å². The molecule has 0 heterocycles. The second-order valence-electron chi connectivity index (χ2n) is 3.14. The van der Waals surface area contributed by atoms with Crippen LogP contribution in [0.25, 0.3) is 11.1 Å². The maximum Gasteiger partial charge on any atom is 0.123 e. The predicted octanol–water partition coefficient (Wildman–Crippen LogP) is 3.28. The fourth-order valence-electron chi connectivity index (χ4n) is 1.40. The van der Waals surface area contributed by atoms with Crippen LogP contribution in [0.5, 0.6) is 5.75 Å². The number of phenols is 1. The van der Waals surface area contributed by atoms with Crippen molar-refractivity contribution in [1.82, 2.24) is 0 Å². The van der Waals surface area contributed by atoms with E-state index in [2.05, 4.69) is 0 Å². The summed E-state index contributed by atoms with van der Waals surface area (Å²) in [7, 11) is 0. The Morgan fingerprint density at radius 1 is 0.933 bits per heavy atom. The minimum Gasteiger partial charge on any atom is -0.507 e. The fourth-order valence-corrected chi connectivity index (χ4v) is 1.40. The zero-order valence-corrected chi connectivity index (χ0v) is 7.64. The zero-order chi connectivity index (χ0) is 9.97. The number of nitrogen functional groups attached to an aromatic ring is 1. The first-order chi connectivity index (χ1) is 6.77. The molecule has 3 N–H and O–H groups in total. The molecule has 2 aromatic rings. The summed E-state index contributed by atoms with van der Waals surface area (Å²) in [5, 5.41) is 9.63. The summed E-state index contributed by atoms with van der Waals surface area (Å²) >= 11 is 0. The van der Waals surface area contributed by atoms with Gasteiger partial charge in [0.15, 0.2) is 0 Å². The summed E-state index contributed by atoms with van der Waals surface area (Å²) in [4.78, 5) is 0. The summed E-state index contributed by atoms with van der Waals surface area (Å²) in [6, 6.07) is 14.7. The number of nitrogens with two attached hydrogens (primary N) is 1. The molecule has 0 spiro atoms. The topological polar surface area (TPSA) is 46.2 Å². The first-order valence-corrected chi connectivity index (χ1v) is 4.41. The van der Waals surface area contributed by atoms with Gasteiger partial charge in [-0.15, -0.1) is 0 Å². The highest BCUT2D eigenvalue weighted by Gasteiger charge is 2.02. The molecule has 0 amide bonds. The Morgan fingerprint density at radius 3 is 2.27 bits per heavy atom. The van der Waals surface area contributed by atoms with E-state index in [9.17, 15) is 5.11 Å². The lowest BCUT2D eigenvalue weighted by Gasteiger charge is -2.05. The summed E-state index contributed by atoms with van der Waals surface area (Å²) < 4.78 is 0. The molecule has 2 heteroatoms.